The number of amidine groups is 1. The molecule has 3 aromatic rings. The topological polar surface area (TPSA) is 140 Å². The Labute approximate surface area is 216 Å². The Hall–Kier alpha value is -4.36. The van der Waals surface area contributed by atoms with Crippen molar-refractivity contribution >= 4 is 23.2 Å². The average molecular weight is 541 g/mol. The first-order valence-corrected chi connectivity index (χ1v) is 11.2. The molecule has 0 bridgehead atoms. The molecule has 2 aromatic carbocycles. The van der Waals surface area contributed by atoms with E-state index in [9.17, 15) is 13.2 Å². The van der Waals surface area contributed by atoms with Crippen LogP contribution in [0.1, 0.15) is 32.2 Å². The van der Waals surface area contributed by atoms with Crippen molar-refractivity contribution < 1.29 is 36.9 Å². The molecule has 4 N–H and O–H groups in total. The van der Waals surface area contributed by atoms with Gasteiger partial charge in [0.2, 0.25) is 0 Å². The Bertz CT molecular complexity index is 1250. The molecule has 0 unspecified atom stereocenters. The van der Waals surface area contributed by atoms with Gasteiger partial charge in [0, 0.05) is 30.4 Å². The van der Waals surface area contributed by atoms with Crippen molar-refractivity contribution in [2.45, 2.75) is 39.6 Å². The summed E-state index contributed by atoms with van der Waals surface area (Å²) in [7, 11) is 1.78. The number of hydrogen-bond donors (Lipinski definition) is 3. The number of aromatic nitrogens is 3. The molecule has 0 saturated heterocycles. The van der Waals surface area contributed by atoms with Crippen LogP contribution >= 0.6 is 0 Å². The van der Waals surface area contributed by atoms with Gasteiger partial charge in [-0.3, -0.25) is 10.1 Å². The first-order valence-electron chi connectivity index (χ1n) is 11.2. The molecule has 14 heteroatoms. The van der Waals surface area contributed by atoms with Crippen LogP contribution in [0.15, 0.2) is 42.7 Å². The van der Waals surface area contributed by atoms with Gasteiger partial charge in [0.05, 0.1) is 24.9 Å². The molecule has 0 atom stereocenters. The molecule has 1 heterocycles. The largest absolute Gasteiger partial charge is 0.494 e. The Morgan fingerprint density at radius 3 is 2.29 bits per heavy atom. The van der Waals surface area contributed by atoms with Gasteiger partial charge in [-0.05, 0) is 45.0 Å². The standard InChI is InChI=1S/C22H27FN6O2.C2HF3O2/c1-5-30-17-10-18(21(23)19(11-17)31-14(2)3)29(12-20-26-13-27-28(20)4)16-8-6-15(7-9-16)22(24)25;3-2(4,5)1(6)7/h6-11,13-14H,5,12H2,1-4H3,(H3,24,25);(H,6,7). The molecule has 0 fully saturated rings. The van der Waals surface area contributed by atoms with Gasteiger partial charge < -0.3 is 25.2 Å². The number of alkyl halides is 3. The van der Waals surface area contributed by atoms with E-state index in [0.29, 0.717) is 29.4 Å². The van der Waals surface area contributed by atoms with E-state index in [0.717, 1.165) is 0 Å². The van der Waals surface area contributed by atoms with Crippen molar-refractivity contribution in [1.29, 1.82) is 5.41 Å². The predicted molar refractivity (Wildman–Crippen MR) is 131 cm³/mol. The molecule has 10 nitrogen and oxygen atoms in total. The number of nitrogens with two attached hydrogens (primary N) is 1. The monoisotopic (exact) mass is 540 g/mol. The van der Waals surface area contributed by atoms with Crippen LogP contribution in [-0.2, 0) is 18.4 Å². The van der Waals surface area contributed by atoms with Gasteiger partial charge in [-0.2, -0.15) is 18.3 Å². The minimum Gasteiger partial charge on any atom is -0.494 e. The number of aliphatic carboxylic acids is 1. The summed E-state index contributed by atoms with van der Waals surface area (Å²) in [6.07, 6.45) is -3.84. The predicted octanol–water partition coefficient (Wildman–Crippen LogP) is 4.40. The van der Waals surface area contributed by atoms with Crippen molar-refractivity contribution in [2.24, 2.45) is 12.8 Å². The summed E-state index contributed by atoms with van der Waals surface area (Å²) >= 11 is 0. The van der Waals surface area contributed by atoms with Crippen LogP contribution in [0.5, 0.6) is 11.5 Å². The number of halogens is 4. The van der Waals surface area contributed by atoms with E-state index in [1.165, 1.54) is 6.33 Å². The highest BCUT2D eigenvalue weighted by atomic mass is 19.4. The zero-order chi connectivity index (χ0) is 28.6. The van der Waals surface area contributed by atoms with E-state index < -0.39 is 18.0 Å². The van der Waals surface area contributed by atoms with Gasteiger partial charge in [0.15, 0.2) is 11.6 Å². The van der Waals surface area contributed by atoms with Gasteiger partial charge >= 0.3 is 12.1 Å². The van der Waals surface area contributed by atoms with E-state index in [4.69, 9.17) is 30.5 Å². The van der Waals surface area contributed by atoms with Gasteiger partial charge in [0.25, 0.3) is 0 Å². The number of ether oxygens (including phenoxy) is 2. The van der Waals surface area contributed by atoms with Crippen LogP contribution in [0, 0.1) is 11.2 Å². The molecule has 0 aliphatic carbocycles. The number of nitrogen functional groups attached to an aromatic ring is 1. The lowest BCUT2D eigenvalue weighted by Crippen LogP contribution is -2.21. The molecule has 38 heavy (non-hydrogen) atoms. The molecular formula is C24H28F4N6O4. The average Bonchev–Trinajstić information content (AvgIpc) is 3.23. The number of nitrogens with zero attached hydrogens (tertiary/aromatic N) is 4. The smallest absolute Gasteiger partial charge is 0.490 e. The number of carbonyl (C=O) groups is 1. The van der Waals surface area contributed by atoms with Crippen LogP contribution in [0.3, 0.4) is 0 Å². The third-order valence-corrected chi connectivity index (χ3v) is 4.80. The zero-order valence-electron chi connectivity index (χ0n) is 21.1. The molecular weight excluding hydrogens is 512 g/mol. The summed E-state index contributed by atoms with van der Waals surface area (Å²) in [5.41, 5.74) is 7.13. The second-order valence-electron chi connectivity index (χ2n) is 8.00. The molecule has 0 aliphatic heterocycles. The minimum atomic E-state index is -5.08. The summed E-state index contributed by atoms with van der Waals surface area (Å²) in [6, 6.07) is 10.2. The van der Waals surface area contributed by atoms with Crippen LogP contribution in [0.25, 0.3) is 0 Å². The van der Waals surface area contributed by atoms with Crippen molar-refractivity contribution in [1.82, 2.24) is 14.8 Å². The number of carboxylic acid groups (broad SMARTS) is 1. The van der Waals surface area contributed by atoms with Crippen molar-refractivity contribution in [2.75, 3.05) is 11.5 Å². The first-order chi connectivity index (χ1) is 17.7. The summed E-state index contributed by atoms with van der Waals surface area (Å²) in [6.45, 7) is 6.23. The van der Waals surface area contributed by atoms with Gasteiger partial charge in [0.1, 0.15) is 23.7 Å². The molecule has 0 radical (unpaired) electrons. The summed E-state index contributed by atoms with van der Waals surface area (Å²) in [4.78, 5) is 14.9. The highest BCUT2D eigenvalue weighted by molar-refractivity contribution is 5.95. The second-order valence-corrected chi connectivity index (χ2v) is 8.00. The summed E-state index contributed by atoms with van der Waals surface area (Å²) in [5.74, 6) is -2.05. The van der Waals surface area contributed by atoms with E-state index in [1.54, 1.807) is 53.0 Å². The Balaban J connectivity index is 0.000000638. The van der Waals surface area contributed by atoms with E-state index >= 15 is 4.39 Å². The fraction of sp³-hybridized carbons (Fsp3) is 0.333. The van der Waals surface area contributed by atoms with Gasteiger partial charge in [-0.15, -0.1) is 0 Å². The summed E-state index contributed by atoms with van der Waals surface area (Å²) in [5, 5.41) is 18.9. The fourth-order valence-electron chi connectivity index (χ4n) is 3.09. The number of anilines is 2. The molecule has 1 aromatic heterocycles. The van der Waals surface area contributed by atoms with Crippen molar-refractivity contribution in [3.8, 4) is 11.5 Å². The number of carboxylic acids is 1. The lowest BCUT2D eigenvalue weighted by atomic mass is 10.1. The zero-order valence-corrected chi connectivity index (χ0v) is 21.1. The normalized spacial score (nSPS) is 11.0. The maximum absolute atomic E-state index is 15.6. The van der Waals surface area contributed by atoms with Crippen LogP contribution in [0.4, 0.5) is 28.9 Å². The fourth-order valence-corrected chi connectivity index (χ4v) is 3.09. The first kappa shape index (κ1) is 29.9. The quantitative estimate of drug-likeness (QED) is 0.206. The maximum atomic E-state index is 15.6. The molecule has 0 saturated carbocycles. The number of benzene rings is 2. The number of rotatable bonds is 9. The number of aryl methyl sites for hydroxylation is 1. The third-order valence-electron chi connectivity index (χ3n) is 4.80. The molecule has 0 aliphatic rings. The van der Waals surface area contributed by atoms with Gasteiger partial charge in [-0.1, -0.05) is 0 Å². The lowest BCUT2D eigenvalue weighted by molar-refractivity contribution is -0.192. The van der Waals surface area contributed by atoms with Crippen molar-refractivity contribution in [3.05, 3.63) is 59.9 Å². The highest BCUT2D eigenvalue weighted by Gasteiger charge is 2.38. The van der Waals surface area contributed by atoms with E-state index in [2.05, 4.69) is 10.1 Å². The molecule has 0 amide bonds. The number of hydrogen-bond acceptors (Lipinski definition) is 7. The SMILES string of the molecule is CCOc1cc(OC(C)C)c(F)c(N(Cc2ncnn2C)c2ccc(C(=N)N)cc2)c1.O=C(O)C(F)(F)F. The Morgan fingerprint density at radius 2 is 1.84 bits per heavy atom. The molecule has 206 valence electrons. The van der Waals surface area contributed by atoms with Crippen LogP contribution in [0.2, 0.25) is 0 Å². The summed E-state index contributed by atoms with van der Waals surface area (Å²) < 4.78 is 60.4. The van der Waals surface area contributed by atoms with E-state index in [-0.39, 0.29) is 29.9 Å². The van der Waals surface area contributed by atoms with Crippen LogP contribution in [-0.4, -0.2) is 50.6 Å². The third kappa shape index (κ3) is 8.08. The Morgan fingerprint density at radius 1 is 1.24 bits per heavy atom. The molecule has 0 spiro atoms. The highest BCUT2D eigenvalue weighted by Crippen LogP contribution is 2.38. The van der Waals surface area contributed by atoms with Crippen molar-refractivity contribution in [3.63, 3.8) is 0 Å². The van der Waals surface area contributed by atoms with Crippen LogP contribution < -0.4 is 20.1 Å². The Kier molecular flexibility index (Phi) is 10.0. The van der Waals surface area contributed by atoms with Gasteiger partial charge in [-0.25, -0.2) is 14.2 Å². The second kappa shape index (κ2) is 12.7. The maximum Gasteiger partial charge on any atom is 0.490 e. The minimum absolute atomic E-state index is 0.0384. The lowest BCUT2D eigenvalue weighted by Gasteiger charge is -2.27. The number of nitrogens with one attached hydrogen (secondary N) is 1. The van der Waals surface area contributed by atoms with E-state index in [1.807, 2.05) is 20.8 Å². The molecule has 3 rings (SSSR count).